The minimum atomic E-state index is -0.535. The van der Waals surface area contributed by atoms with E-state index in [0.29, 0.717) is 18.7 Å². The lowest BCUT2D eigenvalue weighted by Gasteiger charge is -2.19. The summed E-state index contributed by atoms with van der Waals surface area (Å²) in [5, 5.41) is 4.23. The van der Waals surface area contributed by atoms with E-state index in [2.05, 4.69) is 31.4 Å². The molecule has 0 radical (unpaired) electrons. The second-order valence-corrected chi connectivity index (χ2v) is 4.94. The van der Waals surface area contributed by atoms with Crippen molar-refractivity contribution in [3.8, 4) is 0 Å². The molecular formula is C12H15BrFN5O. The topological polar surface area (TPSA) is 78.0 Å². The van der Waals surface area contributed by atoms with E-state index in [1.54, 1.807) is 24.1 Å². The first-order valence-electron chi connectivity index (χ1n) is 5.94. The second-order valence-electron chi connectivity index (χ2n) is 4.09. The zero-order chi connectivity index (χ0) is 14.5. The summed E-state index contributed by atoms with van der Waals surface area (Å²) < 4.78 is 21.4. The number of nitrogens with two attached hydrogens (primary N) is 1. The molecule has 8 heteroatoms. The first-order chi connectivity index (χ1) is 9.69. The number of halogens is 2. The Balaban J connectivity index is 2.42. The lowest BCUT2D eigenvalue weighted by atomic mass is 10.1. The summed E-state index contributed by atoms with van der Waals surface area (Å²) in [6.45, 7) is 1.04. The molecule has 0 aliphatic rings. The van der Waals surface area contributed by atoms with Gasteiger partial charge >= 0.3 is 0 Å². The standard InChI is InChI=1S/C12H15BrFN5O/c1-20-5-4-19-12(9(13)6-17-19)11(18-15)8-2-3-16-7-10(8)14/h2-3,6-7,11,18H,4-5,15H2,1H3. The summed E-state index contributed by atoms with van der Waals surface area (Å²) >= 11 is 3.41. The molecule has 6 nitrogen and oxygen atoms in total. The van der Waals surface area contributed by atoms with Crippen molar-refractivity contribution in [2.75, 3.05) is 13.7 Å². The third-order valence-corrected chi connectivity index (χ3v) is 3.51. The highest BCUT2D eigenvalue weighted by molar-refractivity contribution is 9.10. The van der Waals surface area contributed by atoms with Crippen LogP contribution in [0.5, 0.6) is 0 Å². The molecule has 3 N–H and O–H groups in total. The highest BCUT2D eigenvalue weighted by atomic mass is 79.9. The highest BCUT2D eigenvalue weighted by Gasteiger charge is 2.23. The molecule has 0 amide bonds. The molecule has 108 valence electrons. The van der Waals surface area contributed by atoms with Crippen LogP contribution < -0.4 is 11.3 Å². The Morgan fingerprint density at radius 3 is 3.00 bits per heavy atom. The predicted octanol–water partition coefficient (Wildman–Crippen LogP) is 1.38. The Labute approximate surface area is 124 Å². The average Bonchev–Trinajstić information content (AvgIpc) is 2.81. The number of nitrogens with one attached hydrogen (secondary N) is 1. The van der Waals surface area contributed by atoms with Gasteiger partial charge in [-0.2, -0.15) is 5.10 Å². The molecule has 0 aromatic carbocycles. The number of hydrogen-bond acceptors (Lipinski definition) is 5. The van der Waals surface area contributed by atoms with Crippen LogP contribution in [0.15, 0.2) is 29.1 Å². The van der Waals surface area contributed by atoms with Crippen LogP contribution in [0.1, 0.15) is 17.3 Å². The van der Waals surface area contributed by atoms with Gasteiger partial charge in [-0.25, -0.2) is 9.82 Å². The average molecular weight is 344 g/mol. The summed E-state index contributed by atoms with van der Waals surface area (Å²) in [4.78, 5) is 3.74. The summed E-state index contributed by atoms with van der Waals surface area (Å²) in [7, 11) is 1.61. The molecule has 2 aromatic rings. The minimum Gasteiger partial charge on any atom is -0.383 e. The number of pyridine rings is 1. The largest absolute Gasteiger partial charge is 0.383 e. The maximum atomic E-state index is 13.9. The molecule has 1 unspecified atom stereocenters. The summed E-state index contributed by atoms with van der Waals surface area (Å²) in [6.07, 6.45) is 4.32. The van der Waals surface area contributed by atoms with Gasteiger partial charge in [-0.15, -0.1) is 0 Å². The molecule has 0 fully saturated rings. The predicted molar refractivity (Wildman–Crippen MR) is 75.2 cm³/mol. The van der Waals surface area contributed by atoms with Crippen molar-refractivity contribution >= 4 is 15.9 Å². The maximum Gasteiger partial charge on any atom is 0.146 e. The quantitative estimate of drug-likeness (QED) is 0.612. The van der Waals surface area contributed by atoms with Crippen LogP contribution in [-0.2, 0) is 11.3 Å². The molecule has 0 spiro atoms. The molecule has 1 atom stereocenters. The fourth-order valence-electron chi connectivity index (χ4n) is 1.95. The molecule has 2 rings (SSSR count). The Morgan fingerprint density at radius 2 is 2.35 bits per heavy atom. The zero-order valence-corrected chi connectivity index (χ0v) is 12.5. The number of aromatic nitrogens is 3. The van der Waals surface area contributed by atoms with E-state index in [1.165, 1.54) is 6.20 Å². The lowest BCUT2D eigenvalue weighted by Crippen LogP contribution is -2.32. The number of nitrogens with zero attached hydrogens (tertiary/aromatic N) is 3. The van der Waals surface area contributed by atoms with Crippen molar-refractivity contribution in [2.24, 2.45) is 5.84 Å². The first-order valence-corrected chi connectivity index (χ1v) is 6.74. The smallest absolute Gasteiger partial charge is 0.146 e. The van der Waals surface area contributed by atoms with Crippen molar-refractivity contribution in [2.45, 2.75) is 12.6 Å². The Morgan fingerprint density at radius 1 is 1.55 bits per heavy atom. The number of ether oxygens (including phenoxy) is 1. The Kier molecular flexibility index (Phi) is 5.18. The van der Waals surface area contributed by atoms with E-state index in [-0.39, 0.29) is 0 Å². The molecule has 0 aliphatic carbocycles. The van der Waals surface area contributed by atoms with Gasteiger partial charge in [-0.1, -0.05) is 0 Å². The van der Waals surface area contributed by atoms with Crippen molar-refractivity contribution in [3.05, 3.63) is 46.2 Å². The monoisotopic (exact) mass is 343 g/mol. The molecular weight excluding hydrogens is 329 g/mol. The normalized spacial score (nSPS) is 12.6. The van der Waals surface area contributed by atoms with E-state index in [1.807, 2.05) is 0 Å². The van der Waals surface area contributed by atoms with Crippen molar-refractivity contribution in [1.82, 2.24) is 20.2 Å². The van der Waals surface area contributed by atoms with Gasteiger partial charge in [0.05, 0.1) is 41.8 Å². The molecule has 0 bridgehead atoms. The fourth-order valence-corrected chi connectivity index (χ4v) is 2.48. The van der Waals surface area contributed by atoms with Crippen molar-refractivity contribution < 1.29 is 9.13 Å². The minimum absolute atomic E-state index is 0.405. The van der Waals surface area contributed by atoms with E-state index >= 15 is 0 Å². The molecule has 0 aliphatic heterocycles. The van der Waals surface area contributed by atoms with Gasteiger partial charge in [-0.05, 0) is 22.0 Å². The fraction of sp³-hybridized carbons (Fsp3) is 0.333. The maximum absolute atomic E-state index is 13.9. The summed E-state index contributed by atoms with van der Waals surface area (Å²) in [5.74, 6) is 5.17. The van der Waals surface area contributed by atoms with Gasteiger partial charge in [0.25, 0.3) is 0 Å². The van der Waals surface area contributed by atoms with Gasteiger partial charge in [0.1, 0.15) is 5.82 Å². The molecule has 20 heavy (non-hydrogen) atoms. The van der Waals surface area contributed by atoms with Crippen LogP contribution in [0.4, 0.5) is 4.39 Å². The van der Waals surface area contributed by atoms with Crippen LogP contribution in [0.2, 0.25) is 0 Å². The summed E-state index contributed by atoms with van der Waals surface area (Å²) in [6, 6.07) is 1.05. The molecule has 2 aromatic heterocycles. The Bertz CT molecular complexity index is 577. The number of hydrogen-bond donors (Lipinski definition) is 2. The van der Waals surface area contributed by atoms with Gasteiger partial charge in [-0.3, -0.25) is 15.5 Å². The third-order valence-electron chi connectivity index (χ3n) is 2.90. The second kappa shape index (κ2) is 6.89. The van der Waals surface area contributed by atoms with Crippen LogP contribution >= 0.6 is 15.9 Å². The number of rotatable bonds is 6. The van der Waals surface area contributed by atoms with E-state index in [0.717, 1.165) is 16.4 Å². The molecule has 0 saturated carbocycles. The first kappa shape index (κ1) is 15.0. The number of hydrazine groups is 1. The van der Waals surface area contributed by atoms with E-state index < -0.39 is 11.9 Å². The molecule has 2 heterocycles. The van der Waals surface area contributed by atoms with Crippen LogP contribution in [0.25, 0.3) is 0 Å². The SMILES string of the molecule is COCCn1ncc(Br)c1C(NN)c1ccncc1F. The van der Waals surface area contributed by atoms with Crippen molar-refractivity contribution in [3.63, 3.8) is 0 Å². The van der Waals surface area contributed by atoms with Gasteiger partial charge < -0.3 is 4.74 Å². The molecule has 0 saturated heterocycles. The number of methoxy groups -OCH3 is 1. The Hall–Kier alpha value is -1.35. The van der Waals surface area contributed by atoms with Crippen LogP contribution in [-0.4, -0.2) is 28.5 Å². The highest BCUT2D eigenvalue weighted by Crippen LogP contribution is 2.29. The van der Waals surface area contributed by atoms with Gasteiger partial charge in [0.2, 0.25) is 0 Å². The van der Waals surface area contributed by atoms with Gasteiger partial charge in [0, 0.05) is 18.9 Å². The summed E-state index contributed by atoms with van der Waals surface area (Å²) in [5.41, 5.74) is 3.76. The van der Waals surface area contributed by atoms with E-state index in [4.69, 9.17) is 10.6 Å². The third kappa shape index (κ3) is 3.04. The van der Waals surface area contributed by atoms with Gasteiger partial charge in [0.15, 0.2) is 0 Å². The lowest BCUT2D eigenvalue weighted by molar-refractivity contribution is 0.182. The zero-order valence-electron chi connectivity index (χ0n) is 10.9. The van der Waals surface area contributed by atoms with Crippen molar-refractivity contribution in [1.29, 1.82) is 0 Å². The van der Waals surface area contributed by atoms with Crippen LogP contribution in [0.3, 0.4) is 0 Å². The van der Waals surface area contributed by atoms with E-state index in [9.17, 15) is 4.39 Å². The van der Waals surface area contributed by atoms with Crippen LogP contribution in [0, 0.1) is 5.82 Å².